The maximum atomic E-state index is 12.2. The van der Waals surface area contributed by atoms with Crippen molar-refractivity contribution in [1.82, 2.24) is 19.5 Å². The van der Waals surface area contributed by atoms with Crippen molar-refractivity contribution in [2.75, 3.05) is 19.0 Å². The fourth-order valence-electron chi connectivity index (χ4n) is 4.74. The highest BCUT2D eigenvalue weighted by Crippen LogP contribution is 2.68. The SMILES string of the molecule is CNc1nc(Cl)nc2c1ncn2[C@H]1[C@H](O)[C@H](O)[C@]2(COP(=O)(O)OP(=O)(O)OP(=O)(O)O)CC[C@H]12. The Morgan fingerprint density at radius 1 is 1.17 bits per heavy atom. The number of hydrogen-bond acceptors (Lipinski definition) is 12. The highest BCUT2D eigenvalue weighted by atomic mass is 35.5. The number of nitrogens with one attached hydrogen (secondary N) is 1. The summed E-state index contributed by atoms with van der Waals surface area (Å²) in [7, 11) is -15.0. The number of nitrogens with zero attached hydrogens (tertiary/aromatic N) is 4. The summed E-state index contributed by atoms with van der Waals surface area (Å²) >= 11 is 5.99. The van der Waals surface area contributed by atoms with Gasteiger partial charge in [-0.3, -0.25) is 4.52 Å². The monoisotopic (exact) mass is 579 g/mol. The molecule has 2 heterocycles. The van der Waals surface area contributed by atoms with Crippen LogP contribution in [0.3, 0.4) is 0 Å². The van der Waals surface area contributed by atoms with E-state index in [1.165, 1.54) is 10.9 Å². The predicted molar refractivity (Wildman–Crippen MR) is 116 cm³/mol. The van der Waals surface area contributed by atoms with Crippen molar-refractivity contribution in [3.05, 3.63) is 11.6 Å². The summed E-state index contributed by atoms with van der Waals surface area (Å²) in [5.41, 5.74) is -0.654. The molecule has 2 aliphatic rings. The molecule has 35 heavy (non-hydrogen) atoms. The molecular weight excluding hydrogens is 559 g/mol. The summed E-state index contributed by atoms with van der Waals surface area (Å²) in [6, 6.07) is -0.802. The fraction of sp³-hybridized carbons (Fsp3) is 0.643. The first-order valence-electron chi connectivity index (χ1n) is 9.81. The van der Waals surface area contributed by atoms with Crippen LogP contribution in [0.2, 0.25) is 5.28 Å². The quantitative estimate of drug-likeness (QED) is 0.158. The smallest absolute Gasteiger partial charge is 0.390 e. The number of imidazole rings is 1. The minimum absolute atomic E-state index is 0.0934. The first-order chi connectivity index (χ1) is 16.1. The molecule has 2 saturated carbocycles. The van der Waals surface area contributed by atoms with E-state index in [0.717, 1.165) is 0 Å². The van der Waals surface area contributed by atoms with Gasteiger partial charge >= 0.3 is 23.5 Å². The van der Waals surface area contributed by atoms with Crippen molar-refractivity contribution in [1.29, 1.82) is 0 Å². The molecule has 2 aliphatic carbocycles. The first-order valence-corrected chi connectivity index (χ1v) is 14.7. The molecule has 17 nitrogen and oxygen atoms in total. The summed E-state index contributed by atoms with van der Waals surface area (Å²) in [6.07, 6.45) is -0.774. The lowest BCUT2D eigenvalue weighted by Gasteiger charge is -2.47. The van der Waals surface area contributed by atoms with Crippen molar-refractivity contribution in [3.63, 3.8) is 0 Å². The molecule has 0 aliphatic heterocycles. The molecule has 21 heteroatoms. The van der Waals surface area contributed by atoms with Gasteiger partial charge in [-0.2, -0.15) is 18.6 Å². The van der Waals surface area contributed by atoms with Crippen molar-refractivity contribution >= 4 is 52.1 Å². The van der Waals surface area contributed by atoms with E-state index < -0.39 is 59.7 Å². The lowest BCUT2D eigenvalue weighted by molar-refractivity contribution is -0.0967. The zero-order valence-electron chi connectivity index (χ0n) is 17.6. The number of aliphatic hydroxyl groups excluding tert-OH is 2. The van der Waals surface area contributed by atoms with Crippen molar-refractivity contribution < 1.29 is 56.6 Å². The van der Waals surface area contributed by atoms with Crippen LogP contribution in [0.4, 0.5) is 5.82 Å². The third-order valence-corrected chi connectivity index (χ3v) is 10.2. The summed E-state index contributed by atoms with van der Waals surface area (Å²) in [6.45, 7) is -0.708. The lowest BCUT2D eigenvalue weighted by atomic mass is 9.60. The lowest BCUT2D eigenvalue weighted by Crippen LogP contribution is -2.49. The largest absolute Gasteiger partial charge is 0.490 e. The van der Waals surface area contributed by atoms with Gasteiger partial charge in [0.05, 0.1) is 25.1 Å². The van der Waals surface area contributed by atoms with E-state index in [2.05, 4.69) is 28.9 Å². The predicted octanol–water partition coefficient (Wildman–Crippen LogP) is 0.538. The summed E-state index contributed by atoms with van der Waals surface area (Å²) < 4.78 is 48.2. The molecule has 196 valence electrons. The van der Waals surface area contributed by atoms with E-state index in [1.807, 2.05) is 0 Å². The number of phosphoric ester groups is 1. The molecule has 0 saturated heterocycles. The van der Waals surface area contributed by atoms with E-state index in [1.54, 1.807) is 7.05 Å². The Hall–Kier alpha value is -1.03. The number of halogens is 1. The normalized spacial score (nSPS) is 32.0. The molecule has 7 N–H and O–H groups in total. The third kappa shape index (κ3) is 5.07. The highest BCUT2D eigenvalue weighted by Gasteiger charge is 2.66. The number of phosphoric acid groups is 3. The van der Waals surface area contributed by atoms with Gasteiger partial charge in [0.15, 0.2) is 17.0 Å². The summed E-state index contributed by atoms with van der Waals surface area (Å²) in [5.74, 6) is -0.191. The number of fused-ring (bicyclic) bond motifs is 2. The minimum Gasteiger partial charge on any atom is -0.390 e. The Kier molecular flexibility index (Phi) is 7.00. The van der Waals surface area contributed by atoms with Crippen LogP contribution in [0.25, 0.3) is 11.2 Å². The summed E-state index contributed by atoms with van der Waals surface area (Å²) in [4.78, 5) is 48.8. The van der Waals surface area contributed by atoms with Gasteiger partial charge in [0, 0.05) is 12.5 Å². The molecular formula is C14H21ClN5O12P3. The number of hydrogen-bond donors (Lipinski definition) is 7. The Labute approximate surface area is 201 Å². The second-order valence-corrected chi connectivity index (χ2v) is 12.8. The van der Waals surface area contributed by atoms with Crippen LogP contribution in [-0.4, -0.2) is 75.2 Å². The molecule has 0 amide bonds. The molecule has 0 aromatic carbocycles. The molecule has 7 atom stereocenters. The van der Waals surface area contributed by atoms with Gasteiger partial charge in [-0.15, -0.1) is 0 Å². The van der Waals surface area contributed by atoms with Crippen molar-refractivity contribution in [2.45, 2.75) is 31.1 Å². The molecule has 4 rings (SSSR count). The minimum atomic E-state index is -5.69. The van der Waals surface area contributed by atoms with E-state index in [0.29, 0.717) is 17.8 Å². The number of aliphatic hydroxyl groups is 2. The summed E-state index contributed by atoms with van der Waals surface area (Å²) in [5, 5.41) is 24.4. The van der Waals surface area contributed by atoms with Gasteiger partial charge in [-0.25, -0.2) is 18.7 Å². The maximum Gasteiger partial charge on any atom is 0.490 e. The Morgan fingerprint density at radius 2 is 1.86 bits per heavy atom. The van der Waals surface area contributed by atoms with E-state index in [4.69, 9.17) is 25.9 Å². The van der Waals surface area contributed by atoms with Crippen LogP contribution in [0, 0.1) is 11.3 Å². The van der Waals surface area contributed by atoms with Crippen molar-refractivity contribution in [3.8, 4) is 0 Å². The van der Waals surface area contributed by atoms with Crippen LogP contribution in [0.15, 0.2) is 6.33 Å². The Balaban J connectivity index is 1.57. The average molecular weight is 580 g/mol. The van der Waals surface area contributed by atoms with Gasteiger partial charge < -0.3 is 39.7 Å². The van der Waals surface area contributed by atoms with Gasteiger partial charge in [0.2, 0.25) is 5.28 Å². The third-order valence-electron chi connectivity index (χ3n) is 6.20. The van der Waals surface area contributed by atoms with Crippen LogP contribution in [0.1, 0.15) is 18.9 Å². The van der Waals surface area contributed by atoms with Gasteiger partial charge in [0.1, 0.15) is 6.10 Å². The van der Waals surface area contributed by atoms with E-state index >= 15 is 0 Å². The Morgan fingerprint density at radius 3 is 2.43 bits per heavy atom. The van der Waals surface area contributed by atoms with Gasteiger partial charge in [-0.05, 0) is 30.4 Å². The molecule has 0 radical (unpaired) electrons. The second-order valence-electron chi connectivity index (χ2n) is 8.08. The topological polar surface area (TPSA) is 256 Å². The molecule has 2 fully saturated rings. The fourth-order valence-corrected chi connectivity index (χ4v) is 8.00. The standard InChI is InChI=1S/C14H21ClN5O12P3/c1-16-11-7-12(19-13(15)18-11)20(5-17-7)8-6-2-3-14(6,10(22)9(8)21)4-30-34(26,27)32-35(28,29)31-33(23,24)25/h5-6,8-10,21-22H,2-4H2,1H3,(H,26,27)(H,28,29)(H,16,18,19)(H2,23,24,25)/t6-,8-,9+,10+,14+/m1/s1. The van der Waals surface area contributed by atoms with Crippen LogP contribution in [-0.2, 0) is 26.8 Å². The molecule has 0 bridgehead atoms. The van der Waals surface area contributed by atoms with Crippen LogP contribution >= 0.6 is 35.1 Å². The Bertz CT molecular complexity index is 1290. The van der Waals surface area contributed by atoms with Crippen LogP contribution in [0.5, 0.6) is 0 Å². The molecule has 0 spiro atoms. The zero-order valence-corrected chi connectivity index (χ0v) is 21.1. The van der Waals surface area contributed by atoms with Crippen molar-refractivity contribution in [2.24, 2.45) is 11.3 Å². The zero-order chi connectivity index (χ0) is 26.0. The van der Waals surface area contributed by atoms with E-state index in [-0.39, 0.29) is 17.4 Å². The number of rotatable bonds is 9. The van der Waals surface area contributed by atoms with Crippen LogP contribution < -0.4 is 5.32 Å². The number of anilines is 1. The molecule has 2 aromatic rings. The first kappa shape index (κ1) is 27.0. The molecule has 2 unspecified atom stereocenters. The second kappa shape index (κ2) is 9.07. The van der Waals surface area contributed by atoms with Gasteiger partial charge in [0.25, 0.3) is 0 Å². The highest BCUT2D eigenvalue weighted by molar-refractivity contribution is 7.66. The average Bonchev–Trinajstić information content (AvgIpc) is 3.15. The van der Waals surface area contributed by atoms with E-state index in [9.17, 15) is 33.7 Å². The molecule has 2 aromatic heterocycles. The number of aromatic nitrogens is 4. The maximum absolute atomic E-state index is 12.2. The van der Waals surface area contributed by atoms with Gasteiger partial charge in [-0.1, -0.05) is 0 Å².